The molecule has 1 aliphatic heterocycles. The Bertz CT molecular complexity index is 731. The largest absolute Gasteiger partial charge is 0.352 e. The number of carbonyl (C=O) groups excluding carboxylic acids is 2. The fourth-order valence-corrected chi connectivity index (χ4v) is 2.54. The summed E-state index contributed by atoms with van der Waals surface area (Å²) in [4.78, 5) is 28.3. The topological polar surface area (TPSA) is 71.1 Å². The first-order valence-corrected chi connectivity index (χ1v) is 7.38. The minimum Gasteiger partial charge on any atom is -0.352 e. The van der Waals surface area contributed by atoms with Gasteiger partial charge < -0.3 is 10.6 Å². The summed E-state index contributed by atoms with van der Waals surface area (Å²) in [6, 6.07) is 9.48. The fourth-order valence-electron chi connectivity index (χ4n) is 2.54. The summed E-state index contributed by atoms with van der Waals surface area (Å²) in [5.41, 5.74) is 2.31. The van der Waals surface area contributed by atoms with E-state index in [1.54, 1.807) is 30.5 Å². The van der Waals surface area contributed by atoms with Crippen LogP contribution in [0.5, 0.6) is 0 Å². The van der Waals surface area contributed by atoms with Crippen molar-refractivity contribution < 1.29 is 14.0 Å². The van der Waals surface area contributed by atoms with E-state index >= 15 is 0 Å². The number of carbonyl (C=O) groups is 2. The maximum atomic E-state index is 12.8. The van der Waals surface area contributed by atoms with Gasteiger partial charge in [0, 0.05) is 25.6 Å². The molecule has 0 aliphatic carbocycles. The van der Waals surface area contributed by atoms with E-state index in [1.807, 2.05) is 0 Å². The van der Waals surface area contributed by atoms with Gasteiger partial charge in [-0.2, -0.15) is 0 Å². The molecular formula is C17H16FN3O2. The third-order valence-electron chi connectivity index (χ3n) is 3.79. The lowest BCUT2D eigenvalue weighted by atomic mass is 9.93. The van der Waals surface area contributed by atoms with Crippen molar-refractivity contribution in [2.45, 2.75) is 19.4 Å². The predicted molar refractivity (Wildman–Crippen MR) is 82.9 cm³/mol. The van der Waals surface area contributed by atoms with Crippen LogP contribution in [-0.4, -0.2) is 16.8 Å². The van der Waals surface area contributed by atoms with Crippen LogP contribution in [0.4, 0.5) is 10.1 Å². The molecule has 0 spiro atoms. The lowest BCUT2D eigenvalue weighted by Gasteiger charge is -2.23. The van der Waals surface area contributed by atoms with Gasteiger partial charge in [0.1, 0.15) is 5.82 Å². The second-order valence-electron chi connectivity index (χ2n) is 5.50. The predicted octanol–water partition coefficient (Wildman–Crippen LogP) is 2.04. The Morgan fingerprint density at radius 3 is 2.87 bits per heavy atom. The first kappa shape index (κ1) is 15.1. The molecule has 0 saturated heterocycles. The van der Waals surface area contributed by atoms with Crippen molar-refractivity contribution >= 4 is 17.5 Å². The Hall–Kier alpha value is -2.76. The molecular weight excluding hydrogens is 297 g/mol. The molecule has 0 saturated carbocycles. The molecule has 1 unspecified atom stereocenters. The number of pyridine rings is 1. The van der Waals surface area contributed by atoms with Crippen LogP contribution < -0.4 is 10.6 Å². The SMILES string of the molecule is O=C(CC1Cc2ncccc2NC1=O)NCc1ccc(F)cc1. The molecule has 2 heterocycles. The lowest BCUT2D eigenvalue weighted by molar-refractivity contribution is -0.127. The van der Waals surface area contributed by atoms with Gasteiger partial charge in [-0.25, -0.2) is 4.39 Å². The number of aromatic nitrogens is 1. The van der Waals surface area contributed by atoms with Crippen LogP contribution in [0.2, 0.25) is 0 Å². The first-order chi connectivity index (χ1) is 11.1. The second kappa shape index (κ2) is 6.56. The summed E-state index contributed by atoms with van der Waals surface area (Å²) < 4.78 is 12.8. The third kappa shape index (κ3) is 3.71. The molecule has 0 fully saturated rings. The van der Waals surface area contributed by atoms with Crippen molar-refractivity contribution in [1.29, 1.82) is 0 Å². The summed E-state index contributed by atoms with van der Waals surface area (Å²) in [6.07, 6.45) is 2.22. The van der Waals surface area contributed by atoms with Gasteiger partial charge in [-0.1, -0.05) is 12.1 Å². The molecule has 0 radical (unpaired) electrons. The molecule has 1 atom stereocenters. The average molecular weight is 313 g/mol. The van der Waals surface area contributed by atoms with Crippen LogP contribution in [-0.2, 0) is 22.6 Å². The van der Waals surface area contributed by atoms with Gasteiger partial charge in [0.15, 0.2) is 0 Å². The number of fused-ring (bicyclic) bond motifs is 1. The van der Waals surface area contributed by atoms with Crippen molar-refractivity contribution in [3.63, 3.8) is 0 Å². The summed E-state index contributed by atoms with van der Waals surface area (Å²) >= 11 is 0. The molecule has 23 heavy (non-hydrogen) atoms. The Morgan fingerprint density at radius 1 is 1.30 bits per heavy atom. The van der Waals surface area contributed by atoms with Crippen LogP contribution in [0.1, 0.15) is 17.7 Å². The molecule has 0 bridgehead atoms. The van der Waals surface area contributed by atoms with Crippen molar-refractivity contribution in [1.82, 2.24) is 10.3 Å². The number of benzene rings is 1. The third-order valence-corrected chi connectivity index (χ3v) is 3.79. The molecule has 1 aromatic carbocycles. The monoisotopic (exact) mass is 313 g/mol. The maximum absolute atomic E-state index is 12.8. The molecule has 118 valence electrons. The van der Waals surface area contributed by atoms with Gasteiger partial charge in [-0.15, -0.1) is 0 Å². The number of hydrogen-bond donors (Lipinski definition) is 2. The Morgan fingerprint density at radius 2 is 2.09 bits per heavy atom. The second-order valence-corrected chi connectivity index (χ2v) is 5.50. The van der Waals surface area contributed by atoms with E-state index in [0.29, 0.717) is 18.7 Å². The Labute approximate surface area is 132 Å². The number of halogens is 1. The van der Waals surface area contributed by atoms with E-state index in [4.69, 9.17) is 0 Å². The van der Waals surface area contributed by atoms with Crippen LogP contribution in [0.15, 0.2) is 42.6 Å². The Kier molecular flexibility index (Phi) is 4.32. The zero-order chi connectivity index (χ0) is 16.2. The quantitative estimate of drug-likeness (QED) is 0.907. The zero-order valence-corrected chi connectivity index (χ0v) is 12.4. The molecule has 6 heteroatoms. The summed E-state index contributed by atoms with van der Waals surface area (Å²) in [7, 11) is 0. The van der Waals surface area contributed by atoms with E-state index in [2.05, 4.69) is 15.6 Å². The fraction of sp³-hybridized carbons (Fsp3) is 0.235. The molecule has 2 N–H and O–H groups in total. The summed E-state index contributed by atoms with van der Waals surface area (Å²) in [6.45, 7) is 0.308. The van der Waals surface area contributed by atoms with Crippen LogP contribution in [0.3, 0.4) is 0 Å². The van der Waals surface area contributed by atoms with E-state index in [-0.39, 0.29) is 24.1 Å². The number of anilines is 1. The minimum absolute atomic E-state index is 0.100. The van der Waals surface area contributed by atoms with Crippen molar-refractivity contribution in [2.75, 3.05) is 5.32 Å². The zero-order valence-electron chi connectivity index (χ0n) is 12.4. The first-order valence-electron chi connectivity index (χ1n) is 7.38. The lowest BCUT2D eigenvalue weighted by Crippen LogP contribution is -2.35. The van der Waals surface area contributed by atoms with Crippen molar-refractivity contribution in [3.8, 4) is 0 Å². The van der Waals surface area contributed by atoms with Gasteiger partial charge in [-0.05, 0) is 29.8 Å². The molecule has 1 aliphatic rings. The highest BCUT2D eigenvalue weighted by Gasteiger charge is 2.28. The van der Waals surface area contributed by atoms with Crippen LogP contribution >= 0.6 is 0 Å². The molecule has 5 nitrogen and oxygen atoms in total. The number of rotatable bonds is 4. The van der Waals surface area contributed by atoms with E-state index in [0.717, 1.165) is 11.3 Å². The van der Waals surface area contributed by atoms with Gasteiger partial charge in [0.25, 0.3) is 0 Å². The van der Waals surface area contributed by atoms with Crippen LogP contribution in [0, 0.1) is 11.7 Å². The smallest absolute Gasteiger partial charge is 0.228 e. The minimum atomic E-state index is -0.425. The summed E-state index contributed by atoms with van der Waals surface area (Å²) in [5.74, 6) is -1.12. The number of nitrogens with one attached hydrogen (secondary N) is 2. The standard InChI is InChI=1S/C17H16FN3O2/c18-13-5-3-11(4-6-13)10-20-16(22)9-12-8-15-14(21-17(12)23)2-1-7-19-15/h1-7,12H,8-10H2,(H,20,22)(H,21,23). The average Bonchev–Trinajstić information content (AvgIpc) is 2.55. The van der Waals surface area contributed by atoms with Gasteiger partial charge in [0.2, 0.25) is 11.8 Å². The van der Waals surface area contributed by atoms with E-state index in [1.165, 1.54) is 12.1 Å². The highest BCUT2D eigenvalue weighted by molar-refractivity contribution is 5.97. The molecule has 2 amide bonds. The van der Waals surface area contributed by atoms with E-state index in [9.17, 15) is 14.0 Å². The maximum Gasteiger partial charge on any atom is 0.228 e. The molecule has 2 aromatic rings. The van der Waals surface area contributed by atoms with Crippen molar-refractivity contribution in [3.05, 3.63) is 59.7 Å². The highest BCUT2D eigenvalue weighted by Crippen LogP contribution is 2.25. The number of amides is 2. The normalized spacial score (nSPS) is 16.4. The van der Waals surface area contributed by atoms with Gasteiger partial charge in [-0.3, -0.25) is 14.6 Å². The van der Waals surface area contributed by atoms with E-state index < -0.39 is 5.92 Å². The van der Waals surface area contributed by atoms with Crippen LogP contribution in [0.25, 0.3) is 0 Å². The Balaban J connectivity index is 1.56. The molecule has 1 aromatic heterocycles. The molecule has 3 rings (SSSR count). The summed E-state index contributed by atoms with van der Waals surface area (Å²) in [5, 5.41) is 5.52. The van der Waals surface area contributed by atoms with Crippen molar-refractivity contribution in [2.24, 2.45) is 5.92 Å². The highest BCUT2D eigenvalue weighted by atomic mass is 19.1. The number of nitrogens with zero attached hydrogens (tertiary/aromatic N) is 1. The number of hydrogen-bond acceptors (Lipinski definition) is 3. The van der Waals surface area contributed by atoms with Gasteiger partial charge >= 0.3 is 0 Å². The van der Waals surface area contributed by atoms with Gasteiger partial charge in [0.05, 0.1) is 17.3 Å².